The summed E-state index contributed by atoms with van der Waals surface area (Å²) in [5.41, 5.74) is 0.221. The number of nitrogens with zero attached hydrogens (tertiary/aromatic N) is 1. The zero-order valence-corrected chi connectivity index (χ0v) is 10.4. The Labute approximate surface area is 114 Å². The number of carbonyl (C=O) groups excluding carboxylic acids is 1. The predicted molar refractivity (Wildman–Crippen MR) is 63.4 cm³/mol. The Bertz CT molecular complexity index is 454. The number of esters is 1. The van der Waals surface area contributed by atoms with Gasteiger partial charge < -0.3 is 29.9 Å². The van der Waals surface area contributed by atoms with Crippen molar-refractivity contribution in [3.05, 3.63) is 30.1 Å². The molecular formula is C12H15NO7. The van der Waals surface area contributed by atoms with Crippen molar-refractivity contribution in [3.63, 3.8) is 0 Å². The van der Waals surface area contributed by atoms with E-state index >= 15 is 0 Å². The second kappa shape index (κ2) is 6.25. The quantitative estimate of drug-likeness (QED) is 0.471. The standard InChI is InChI=1S/C12H15NO7/c14-8-7(20-12(18)10(16)9(8)15)5-19-11(17)6-2-1-3-13-4-6/h1-4,7-10,12,14-16,18H,5H2/t7-,8+,9-,10-,12-/m0/s1. The van der Waals surface area contributed by atoms with E-state index in [1.807, 2.05) is 0 Å². The number of pyridine rings is 1. The molecule has 4 N–H and O–H groups in total. The summed E-state index contributed by atoms with van der Waals surface area (Å²) in [5, 5.41) is 37.8. The lowest BCUT2D eigenvalue weighted by molar-refractivity contribution is -0.286. The molecule has 0 saturated carbocycles. The first-order valence-electron chi connectivity index (χ1n) is 5.95. The molecule has 1 aliphatic rings. The van der Waals surface area contributed by atoms with E-state index in [4.69, 9.17) is 9.47 Å². The maximum absolute atomic E-state index is 11.6. The van der Waals surface area contributed by atoms with Gasteiger partial charge in [0.05, 0.1) is 5.56 Å². The van der Waals surface area contributed by atoms with E-state index in [9.17, 15) is 25.2 Å². The van der Waals surface area contributed by atoms with E-state index < -0.39 is 36.7 Å². The van der Waals surface area contributed by atoms with Gasteiger partial charge in [-0.3, -0.25) is 4.98 Å². The van der Waals surface area contributed by atoms with Crippen LogP contribution in [-0.4, -0.2) is 68.7 Å². The van der Waals surface area contributed by atoms with Gasteiger partial charge in [0.15, 0.2) is 6.29 Å². The summed E-state index contributed by atoms with van der Waals surface area (Å²) >= 11 is 0. The number of carbonyl (C=O) groups is 1. The fraction of sp³-hybridized carbons (Fsp3) is 0.500. The fourth-order valence-corrected chi connectivity index (χ4v) is 1.79. The molecule has 0 aromatic carbocycles. The summed E-state index contributed by atoms with van der Waals surface area (Å²) in [6.07, 6.45) is -4.65. The molecule has 2 heterocycles. The van der Waals surface area contributed by atoms with E-state index in [0.717, 1.165) is 0 Å². The van der Waals surface area contributed by atoms with Gasteiger partial charge >= 0.3 is 5.97 Å². The molecule has 1 saturated heterocycles. The van der Waals surface area contributed by atoms with E-state index in [0.29, 0.717) is 0 Å². The van der Waals surface area contributed by atoms with Gasteiger partial charge in [-0.25, -0.2) is 4.79 Å². The third kappa shape index (κ3) is 3.11. The molecule has 1 fully saturated rings. The van der Waals surface area contributed by atoms with Crippen LogP contribution in [0, 0.1) is 0 Å². The maximum atomic E-state index is 11.6. The molecule has 1 aromatic heterocycles. The highest BCUT2D eigenvalue weighted by Crippen LogP contribution is 2.20. The molecule has 1 aromatic rings. The fourth-order valence-electron chi connectivity index (χ4n) is 1.79. The number of hydrogen-bond donors (Lipinski definition) is 4. The van der Waals surface area contributed by atoms with Gasteiger partial charge in [0.25, 0.3) is 0 Å². The van der Waals surface area contributed by atoms with Crippen LogP contribution in [0.25, 0.3) is 0 Å². The lowest BCUT2D eigenvalue weighted by Gasteiger charge is -2.37. The van der Waals surface area contributed by atoms with Gasteiger partial charge in [-0.05, 0) is 12.1 Å². The van der Waals surface area contributed by atoms with Crippen molar-refractivity contribution in [1.82, 2.24) is 4.98 Å². The molecule has 0 amide bonds. The number of aromatic nitrogens is 1. The van der Waals surface area contributed by atoms with Crippen molar-refractivity contribution in [2.75, 3.05) is 6.61 Å². The number of aliphatic hydroxyl groups is 4. The lowest BCUT2D eigenvalue weighted by atomic mass is 9.99. The van der Waals surface area contributed by atoms with Gasteiger partial charge in [-0.2, -0.15) is 0 Å². The molecule has 5 atom stereocenters. The Morgan fingerprint density at radius 2 is 2.00 bits per heavy atom. The summed E-state index contributed by atoms with van der Waals surface area (Å²) in [5.74, 6) is -0.677. The second-order valence-electron chi connectivity index (χ2n) is 4.38. The minimum absolute atomic E-state index is 0.221. The molecule has 0 unspecified atom stereocenters. The van der Waals surface area contributed by atoms with Crippen molar-refractivity contribution < 1.29 is 34.7 Å². The Hall–Kier alpha value is -1.58. The van der Waals surface area contributed by atoms with Crippen LogP contribution in [0.15, 0.2) is 24.5 Å². The molecule has 1 aliphatic heterocycles. The molecule has 110 valence electrons. The average molecular weight is 285 g/mol. The highest BCUT2D eigenvalue weighted by atomic mass is 16.6. The summed E-state index contributed by atoms with van der Waals surface area (Å²) in [4.78, 5) is 15.4. The van der Waals surface area contributed by atoms with Crippen LogP contribution < -0.4 is 0 Å². The van der Waals surface area contributed by atoms with Crippen molar-refractivity contribution in [1.29, 1.82) is 0 Å². The summed E-state index contributed by atoms with van der Waals surface area (Å²) < 4.78 is 9.77. The highest BCUT2D eigenvalue weighted by Gasteiger charge is 2.43. The molecule has 0 radical (unpaired) electrons. The Morgan fingerprint density at radius 3 is 2.65 bits per heavy atom. The summed E-state index contributed by atoms with van der Waals surface area (Å²) in [6.45, 7) is -0.379. The Balaban J connectivity index is 1.92. The third-order valence-electron chi connectivity index (χ3n) is 2.96. The van der Waals surface area contributed by atoms with Gasteiger partial charge in [-0.1, -0.05) is 0 Å². The number of aliphatic hydroxyl groups excluding tert-OH is 4. The zero-order valence-electron chi connectivity index (χ0n) is 10.4. The van der Waals surface area contributed by atoms with Crippen LogP contribution in [0.4, 0.5) is 0 Å². The van der Waals surface area contributed by atoms with Crippen LogP contribution in [0.3, 0.4) is 0 Å². The molecular weight excluding hydrogens is 270 g/mol. The monoisotopic (exact) mass is 285 g/mol. The molecule has 0 bridgehead atoms. The van der Waals surface area contributed by atoms with E-state index in [1.54, 1.807) is 6.07 Å². The molecule has 0 spiro atoms. The van der Waals surface area contributed by atoms with E-state index in [-0.39, 0.29) is 12.2 Å². The molecule has 8 heteroatoms. The average Bonchev–Trinajstić information content (AvgIpc) is 2.48. The first-order chi connectivity index (χ1) is 9.50. The Kier molecular flexibility index (Phi) is 4.63. The lowest BCUT2D eigenvalue weighted by Crippen LogP contribution is -2.58. The van der Waals surface area contributed by atoms with Crippen molar-refractivity contribution >= 4 is 5.97 Å². The number of hydrogen-bond acceptors (Lipinski definition) is 8. The van der Waals surface area contributed by atoms with Gasteiger partial charge in [-0.15, -0.1) is 0 Å². The minimum atomic E-state index is -1.66. The van der Waals surface area contributed by atoms with Crippen molar-refractivity contribution in [2.45, 2.75) is 30.7 Å². The third-order valence-corrected chi connectivity index (χ3v) is 2.96. The minimum Gasteiger partial charge on any atom is -0.459 e. The van der Waals surface area contributed by atoms with Crippen LogP contribution in [0.1, 0.15) is 10.4 Å². The Morgan fingerprint density at radius 1 is 1.25 bits per heavy atom. The molecule has 8 nitrogen and oxygen atoms in total. The second-order valence-corrected chi connectivity index (χ2v) is 4.38. The maximum Gasteiger partial charge on any atom is 0.339 e. The largest absolute Gasteiger partial charge is 0.459 e. The van der Waals surface area contributed by atoms with Crippen LogP contribution in [0.2, 0.25) is 0 Å². The highest BCUT2D eigenvalue weighted by molar-refractivity contribution is 5.88. The topological polar surface area (TPSA) is 129 Å². The smallest absolute Gasteiger partial charge is 0.339 e. The summed E-state index contributed by atoms with van der Waals surface area (Å²) in [6, 6.07) is 3.06. The normalized spacial score (nSPS) is 33.7. The SMILES string of the molecule is O=C(OC[C@@H]1O[C@H](O)[C@@H](O)[C@@H](O)[C@@H]1O)c1cccnc1. The van der Waals surface area contributed by atoms with Crippen LogP contribution in [-0.2, 0) is 9.47 Å². The predicted octanol–water partition coefficient (Wildman–Crippen LogP) is -1.96. The van der Waals surface area contributed by atoms with E-state index in [1.165, 1.54) is 18.5 Å². The van der Waals surface area contributed by atoms with E-state index in [2.05, 4.69) is 4.98 Å². The number of ether oxygens (including phenoxy) is 2. The summed E-state index contributed by atoms with van der Waals surface area (Å²) in [7, 11) is 0. The van der Waals surface area contributed by atoms with Crippen LogP contribution >= 0.6 is 0 Å². The van der Waals surface area contributed by atoms with Gasteiger partial charge in [0.2, 0.25) is 0 Å². The van der Waals surface area contributed by atoms with Crippen LogP contribution in [0.5, 0.6) is 0 Å². The van der Waals surface area contributed by atoms with Gasteiger partial charge in [0, 0.05) is 12.4 Å². The molecule has 20 heavy (non-hydrogen) atoms. The molecule has 2 rings (SSSR count). The van der Waals surface area contributed by atoms with Crippen molar-refractivity contribution in [2.24, 2.45) is 0 Å². The number of rotatable bonds is 3. The first kappa shape index (κ1) is 14.8. The van der Waals surface area contributed by atoms with Crippen molar-refractivity contribution in [3.8, 4) is 0 Å². The van der Waals surface area contributed by atoms with Gasteiger partial charge in [0.1, 0.15) is 31.0 Å². The molecule has 0 aliphatic carbocycles. The zero-order chi connectivity index (χ0) is 14.7. The first-order valence-corrected chi connectivity index (χ1v) is 5.95.